The summed E-state index contributed by atoms with van der Waals surface area (Å²) < 4.78 is 11.4. The van der Waals surface area contributed by atoms with Gasteiger partial charge in [-0.15, -0.1) is 0 Å². The second-order valence-electron chi connectivity index (χ2n) is 11.2. The summed E-state index contributed by atoms with van der Waals surface area (Å²) in [4.78, 5) is 36.1. The second kappa shape index (κ2) is 13.9. The molecule has 0 unspecified atom stereocenters. The summed E-state index contributed by atoms with van der Waals surface area (Å²) in [6.07, 6.45) is 4.08. The summed E-state index contributed by atoms with van der Waals surface area (Å²) in [7, 11) is 1.27. The number of morpholine rings is 1. The van der Waals surface area contributed by atoms with Crippen molar-refractivity contribution in [3.05, 3.63) is 132 Å². The minimum Gasteiger partial charge on any atom is -0.452 e. The summed E-state index contributed by atoms with van der Waals surface area (Å²) in [5.74, 6) is -1.01. The molecule has 0 bridgehead atoms. The maximum absolute atomic E-state index is 14.2. The van der Waals surface area contributed by atoms with Crippen LogP contribution in [0.5, 0.6) is 0 Å². The molecule has 230 valence electrons. The topological polar surface area (TPSA) is 123 Å². The third-order valence-electron chi connectivity index (χ3n) is 8.42. The number of hydrogen-bond acceptors (Lipinski definition) is 7. The Morgan fingerprint density at radius 1 is 1.00 bits per heavy atom. The number of nitrogens with one attached hydrogen (secondary N) is 2. The number of fused-ring (bicyclic) bond motifs is 1. The van der Waals surface area contributed by atoms with Crippen LogP contribution >= 0.6 is 0 Å². The van der Waals surface area contributed by atoms with E-state index in [0.29, 0.717) is 31.7 Å². The number of aromatic nitrogens is 2. The molecule has 0 spiro atoms. The van der Waals surface area contributed by atoms with E-state index in [9.17, 15) is 9.59 Å². The number of para-hydroxylation sites is 1. The lowest BCUT2D eigenvalue weighted by molar-refractivity contribution is -0.119. The zero-order valence-electron chi connectivity index (χ0n) is 25.1. The first-order chi connectivity index (χ1) is 22.0. The van der Waals surface area contributed by atoms with E-state index in [1.807, 2.05) is 85.1 Å². The van der Waals surface area contributed by atoms with Crippen molar-refractivity contribution >= 4 is 28.6 Å². The number of nitrogens with zero attached hydrogens (tertiary/aromatic N) is 2. The van der Waals surface area contributed by atoms with Crippen LogP contribution in [0.2, 0.25) is 0 Å². The molecule has 4 N–H and O–H groups in total. The van der Waals surface area contributed by atoms with Gasteiger partial charge in [-0.05, 0) is 47.7 Å². The minimum atomic E-state index is -1.05. The average Bonchev–Trinajstić information content (AvgIpc) is 3.53. The number of ether oxygens (including phenoxy) is 2. The number of aryl methyl sites for hydroxylation is 1. The quantitative estimate of drug-likeness (QED) is 0.204. The van der Waals surface area contributed by atoms with Crippen LogP contribution < -0.4 is 16.0 Å². The molecule has 9 nitrogen and oxygen atoms in total. The second-order valence-corrected chi connectivity index (χ2v) is 11.2. The number of nitrogens with two attached hydrogens (primary N) is 1. The Labute approximate surface area is 262 Å². The third-order valence-corrected chi connectivity index (χ3v) is 8.42. The number of amides is 2. The van der Waals surface area contributed by atoms with Crippen LogP contribution in [0.4, 0.5) is 10.5 Å². The standard InChI is InChI=1S/C36H37N5O4/c1-44-36(43)41(35(42)34(37)33(25-11-4-2-5-12-25)26-13-6-3-7-14-26)32-15-9-8-10-24(32)16-17-28-22-39-31(23-45-28)30-20-27-21-38-19-18-29(27)40-30/h2-15,18-21,28,31,33-34,39-40H,16-17,22-23,37H2,1H3/t28-,31+,34+/m1/s1. The minimum absolute atomic E-state index is 0.0366. The van der Waals surface area contributed by atoms with Gasteiger partial charge < -0.3 is 25.5 Å². The highest BCUT2D eigenvalue weighted by molar-refractivity contribution is 6.15. The summed E-state index contributed by atoms with van der Waals surface area (Å²) >= 11 is 0. The lowest BCUT2D eigenvalue weighted by Gasteiger charge is -2.31. The van der Waals surface area contributed by atoms with Crippen LogP contribution in [0.15, 0.2) is 109 Å². The van der Waals surface area contributed by atoms with Gasteiger partial charge in [0.05, 0.1) is 37.6 Å². The molecule has 9 heteroatoms. The van der Waals surface area contributed by atoms with E-state index in [1.165, 1.54) is 7.11 Å². The van der Waals surface area contributed by atoms with Crippen molar-refractivity contribution in [3.8, 4) is 0 Å². The van der Waals surface area contributed by atoms with Crippen LogP contribution in [0, 0.1) is 0 Å². The molecular weight excluding hydrogens is 566 g/mol. The number of methoxy groups -OCH3 is 1. The van der Waals surface area contributed by atoms with Gasteiger partial charge in [0.15, 0.2) is 0 Å². The Morgan fingerprint density at radius 3 is 2.33 bits per heavy atom. The molecular formula is C36H37N5O4. The Morgan fingerprint density at radius 2 is 1.69 bits per heavy atom. The van der Waals surface area contributed by atoms with E-state index in [1.54, 1.807) is 18.3 Å². The number of rotatable bonds is 9. The van der Waals surface area contributed by atoms with E-state index >= 15 is 0 Å². The lowest BCUT2D eigenvalue weighted by Crippen LogP contribution is -2.50. The predicted molar refractivity (Wildman–Crippen MR) is 174 cm³/mol. The van der Waals surface area contributed by atoms with Crippen LogP contribution in [0.25, 0.3) is 10.9 Å². The SMILES string of the molecule is COC(=O)N(C(=O)[C@@H](N)C(c1ccccc1)c1ccccc1)c1ccccc1CC[C@@H]1CN[C@H](c2cc3cnccc3[nH]2)CO1. The van der Waals surface area contributed by atoms with Crippen molar-refractivity contribution in [1.82, 2.24) is 15.3 Å². The fraction of sp³-hybridized carbons (Fsp3) is 0.250. The Kier molecular flexibility index (Phi) is 9.30. The normalized spacial score (nSPS) is 17.2. The maximum Gasteiger partial charge on any atom is 0.420 e. The molecule has 1 saturated heterocycles. The van der Waals surface area contributed by atoms with Gasteiger partial charge >= 0.3 is 6.09 Å². The van der Waals surface area contributed by atoms with E-state index in [-0.39, 0.29) is 12.1 Å². The van der Waals surface area contributed by atoms with Gasteiger partial charge in [-0.25, -0.2) is 9.69 Å². The van der Waals surface area contributed by atoms with Crippen molar-refractivity contribution in [2.24, 2.45) is 5.73 Å². The molecule has 3 heterocycles. The number of anilines is 1. The monoisotopic (exact) mass is 603 g/mol. The summed E-state index contributed by atoms with van der Waals surface area (Å²) in [6, 6.07) is 29.7. The number of benzene rings is 3. The molecule has 5 aromatic rings. The number of pyridine rings is 1. The average molecular weight is 604 g/mol. The molecule has 0 radical (unpaired) electrons. The molecule has 3 atom stereocenters. The number of hydrogen-bond donors (Lipinski definition) is 3. The molecule has 3 aromatic carbocycles. The van der Waals surface area contributed by atoms with E-state index in [0.717, 1.165) is 38.2 Å². The maximum atomic E-state index is 14.2. The van der Waals surface area contributed by atoms with Crippen LogP contribution in [-0.4, -0.2) is 54.4 Å². The Hall–Kier alpha value is -4.83. The highest BCUT2D eigenvalue weighted by Gasteiger charge is 2.36. The molecule has 2 amide bonds. The first-order valence-electron chi connectivity index (χ1n) is 15.2. The van der Waals surface area contributed by atoms with Crippen molar-refractivity contribution in [2.45, 2.75) is 36.9 Å². The molecule has 1 fully saturated rings. The lowest BCUT2D eigenvalue weighted by atomic mass is 9.84. The molecule has 2 aromatic heterocycles. The van der Waals surface area contributed by atoms with Crippen LogP contribution in [0.3, 0.4) is 0 Å². The summed E-state index contributed by atoms with van der Waals surface area (Å²) in [6.45, 7) is 1.19. The van der Waals surface area contributed by atoms with Gasteiger partial charge in [0.25, 0.3) is 5.91 Å². The van der Waals surface area contributed by atoms with Gasteiger partial charge in [0.2, 0.25) is 0 Å². The molecule has 0 aliphatic carbocycles. The van der Waals surface area contributed by atoms with E-state index < -0.39 is 24.0 Å². The number of H-pyrrole nitrogens is 1. The van der Waals surface area contributed by atoms with Crippen molar-refractivity contribution < 1.29 is 19.1 Å². The zero-order chi connectivity index (χ0) is 31.2. The van der Waals surface area contributed by atoms with Crippen molar-refractivity contribution in [3.63, 3.8) is 0 Å². The van der Waals surface area contributed by atoms with E-state index in [2.05, 4.69) is 21.4 Å². The van der Waals surface area contributed by atoms with Gasteiger partial charge in [0, 0.05) is 41.5 Å². The fourth-order valence-corrected chi connectivity index (χ4v) is 6.07. The molecule has 1 aliphatic heterocycles. The number of aromatic amines is 1. The number of imide groups is 1. The summed E-state index contributed by atoms with van der Waals surface area (Å²) in [5, 5.41) is 4.66. The highest BCUT2D eigenvalue weighted by Crippen LogP contribution is 2.31. The van der Waals surface area contributed by atoms with Gasteiger partial charge in [-0.2, -0.15) is 0 Å². The molecule has 1 aliphatic rings. The highest BCUT2D eigenvalue weighted by atomic mass is 16.5. The Balaban J connectivity index is 1.18. The fourth-order valence-electron chi connectivity index (χ4n) is 6.07. The number of carbonyl (C=O) groups is 2. The third kappa shape index (κ3) is 6.66. The van der Waals surface area contributed by atoms with Crippen LogP contribution in [0.1, 0.15) is 40.8 Å². The molecule has 0 saturated carbocycles. The Bertz CT molecular complexity index is 1660. The first kappa shape index (κ1) is 30.2. The summed E-state index contributed by atoms with van der Waals surface area (Å²) in [5.41, 5.74) is 11.9. The van der Waals surface area contributed by atoms with E-state index in [4.69, 9.17) is 15.2 Å². The van der Waals surface area contributed by atoms with Gasteiger partial charge in [0.1, 0.15) is 0 Å². The van der Waals surface area contributed by atoms with Crippen LogP contribution in [-0.2, 0) is 20.7 Å². The number of carbonyl (C=O) groups excluding carboxylic acids is 2. The van der Waals surface area contributed by atoms with Gasteiger partial charge in [-0.1, -0.05) is 78.9 Å². The molecule has 6 rings (SSSR count). The zero-order valence-corrected chi connectivity index (χ0v) is 25.1. The van der Waals surface area contributed by atoms with Gasteiger partial charge in [-0.3, -0.25) is 9.78 Å². The van der Waals surface area contributed by atoms with Crippen molar-refractivity contribution in [1.29, 1.82) is 0 Å². The van der Waals surface area contributed by atoms with Crippen molar-refractivity contribution in [2.75, 3.05) is 25.2 Å². The molecule has 45 heavy (non-hydrogen) atoms. The largest absolute Gasteiger partial charge is 0.452 e. The predicted octanol–water partition coefficient (Wildman–Crippen LogP) is 5.48. The smallest absolute Gasteiger partial charge is 0.420 e. The first-order valence-corrected chi connectivity index (χ1v) is 15.2.